The number of nitrogens with zero attached hydrogens (tertiary/aromatic N) is 2. The molecule has 1 saturated heterocycles. The number of benzene rings is 1. The number of carbonyl (C=O) groups is 2. The van der Waals surface area contributed by atoms with Crippen LogP contribution < -0.4 is 0 Å². The zero-order valence-corrected chi connectivity index (χ0v) is 12.5. The largest absolute Gasteiger partial charge is 0.481 e. The van der Waals surface area contributed by atoms with E-state index < -0.39 is 16.3 Å². The number of nitro benzene ring substituents is 1. The molecule has 1 fully saturated rings. The minimum absolute atomic E-state index is 0.114. The number of aliphatic carboxylic acids is 1. The molecule has 2 rings (SSSR count). The Morgan fingerprint density at radius 2 is 2.05 bits per heavy atom. The van der Waals surface area contributed by atoms with Crippen molar-refractivity contribution in [2.24, 2.45) is 5.41 Å². The number of carbonyl (C=O) groups excluding carboxylic acids is 1. The third-order valence-electron chi connectivity index (χ3n) is 4.02. The second kappa shape index (κ2) is 5.75. The molecule has 7 heteroatoms. The average molecular weight is 306 g/mol. The van der Waals surface area contributed by atoms with Gasteiger partial charge in [0.2, 0.25) is 0 Å². The smallest absolute Gasteiger partial charge is 0.311 e. The molecule has 1 atom stereocenters. The van der Waals surface area contributed by atoms with Crippen molar-refractivity contribution in [3.63, 3.8) is 0 Å². The SMILES string of the molecule is Cc1cc(C(=O)N2CCCC(C)(C(=O)O)C2)cc([N+](=O)[O-])c1. The molecule has 0 spiro atoms. The Morgan fingerprint density at radius 3 is 2.64 bits per heavy atom. The molecular formula is C15H18N2O5. The van der Waals surface area contributed by atoms with E-state index in [2.05, 4.69) is 0 Å². The summed E-state index contributed by atoms with van der Waals surface area (Å²) < 4.78 is 0. The van der Waals surface area contributed by atoms with Gasteiger partial charge in [-0.1, -0.05) is 0 Å². The van der Waals surface area contributed by atoms with Crippen molar-refractivity contribution in [2.75, 3.05) is 13.1 Å². The molecule has 0 radical (unpaired) electrons. The fraction of sp³-hybridized carbons (Fsp3) is 0.467. The fourth-order valence-corrected chi connectivity index (χ4v) is 2.76. The summed E-state index contributed by atoms with van der Waals surface area (Å²) in [4.78, 5) is 35.7. The maximum Gasteiger partial charge on any atom is 0.311 e. The number of nitro groups is 1. The second-order valence-electron chi connectivity index (χ2n) is 6.01. The Morgan fingerprint density at radius 1 is 1.36 bits per heavy atom. The molecular weight excluding hydrogens is 288 g/mol. The van der Waals surface area contributed by atoms with Crippen molar-refractivity contribution in [1.82, 2.24) is 4.90 Å². The quantitative estimate of drug-likeness (QED) is 0.681. The van der Waals surface area contributed by atoms with Gasteiger partial charge >= 0.3 is 5.97 Å². The number of amides is 1. The number of hydrogen-bond acceptors (Lipinski definition) is 4. The van der Waals surface area contributed by atoms with E-state index in [1.165, 1.54) is 17.0 Å². The van der Waals surface area contributed by atoms with Crippen molar-refractivity contribution in [2.45, 2.75) is 26.7 Å². The van der Waals surface area contributed by atoms with Crippen LogP contribution in [0.1, 0.15) is 35.7 Å². The highest BCUT2D eigenvalue weighted by atomic mass is 16.6. The van der Waals surface area contributed by atoms with Gasteiger partial charge in [-0.3, -0.25) is 19.7 Å². The van der Waals surface area contributed by atoms with Crippen molar-refractivity contribution < 1.29 is 19.6 Å². The average Bonchev–Trinajstić information content (AvgIpc) is 2.45. The zero-order valence-electron chi connectivity index (χ0n) is 12.5. The van der Waals surface area contributed by atoms with E-state index in [0.29, 0.717) is 24.9 Å². The molecule has 1 aliphatic heterocycles. The van der Waals surface area contributed by atoms with E-state index in [4.69, 9.17) is 0 Å². The van der Waals surface area contributed by atoms with Crippen molar-refractivity contribution in [3.8, 4) is 0 Å². The number of aryl methyl sites for hydroxylation is 1. The lowest BCUT2D eigenvalue weighted by molar-refractivity contribution is -0.384. The van der Waals surface area contributed by atoms with Gasteiger partial charge in [0.05, 0.1) is 10.3 Å². The van der Waals surface area contributed by atoms with Crippen LogP contribution in [0.25, 0.3) is 0 Å². The Bertz CT molecular complexity index is 643. The first kappa shape index (κ1) is 15.9. The first-order valence-electron chi connectivity index (χ1n) is 7.02. The summed E-state index contributed by atoms with van der Waals surface area (Å²) >= 11 is 0. The number of non-ortho nitro benzene ring substituents is 1. The van der Waals surface area contributed by atoms with Gasteiger partial charge in [-0.2, -0.15) is 0 Å². The van der Waals surface area contributed by atoms with Crippen LogP contribution in [0.15, 0.2) is 18.2 Å². The van der Waals surface area contributed by atoms with E-state index in [9.17, 15) is 24.8 Å². The van der Waals surface area contributed by atoms with Gasteiger partial charge in [0.1, 0.15) is 0 Å². The number of hydrogen-bond donors (Lipinski definition) is 1. The van der Waals surface area contributed by atoms with Crippen LogP contribution in [-0.4, -0.2) is 39.9 Å². The third kappa shape index (κ3) is 3.08. The molecule has 1 aliphatic rings. The maximum atomic E-state index is 12.5. The highest BCUT2D eigenvalue weighted by molar-refractivity contribution is 5.95. The Labute approximate surface area is 127 Å². The van der Waals surface area contributed by atoms with Crippen molar-refractivity contribution in [3.05, 3.63) is 39.4 Å². The van der Waals surface area contributed by atoms with Gasteiger partial charge in [-0.05, 0) is 38.3 Å². The summed E-state index contributed by atoms with van der Waals surface area (Å²) in [5.41, 5.74) is -0.262. The molecule has 1 N–H and O–H groups in total. The van der Waals surface area contributed by atoms with Crippen molar-refractivity contribution in [1.29, 1.82) is 0 Å². The second-order valence-corrected chi connectivity index (χ2v) is 6.01. The normalized spacial score (nSPS) is 21.5. The van der Waals surface area contributed by atoms with E-state index in [-0.39, 0.29) is 23.7 Å². The summed E-state index contributed by atoms with van der Waals surface area (Å²) in [6, 6.07) is 4.22. The summed E-state index contributed by atoms with van der Waals surface area (Å²) in [6.45, 7) is 3.88. The van der Waals surface area contributed by atoms with Crippen LogP contribution in [-0.2, 0) is 4.79 Å². The number of carboxylic acids is 1. The number of likely N-dealkylation sites (tertiary alicyclic amines) is 1. The van der Waals surface area contributed by atoms with Crippen LogP contribution >= 0.6 is 0 Å². The molecule has 0 saturated carbocycles. The van der Waals surface area contributed by atoms with E-state index in [0.717, 1.165) is 0 Å². The first-order chi connectivity index (χ1) is 10.2. The van der Waals surface area contributed by atoms with Gasteiger partial charge in [0, 0.05) is 30.8 Å². The molecule has 1 heterocycles. The Balaban J connectivity index is 2.28. The molecule has 0 aromatic heterocycles. The van der Waals surface area contributed by atoms with E-state index in [1.54, 1.807) is 19.9 Å². The highest BCUT2D eigenvalue weighted by Crippen LogP contribution is 2.31. The molecule has 0 aliphatic carbocycles. The fourth-order valence-electron chi connectivity index (χ4n) is 2.76. The van der Waals surface area contributed by atoms with Gasteiger partial charge in [-0.15, -0.1) is 0 Å². The van der Waals surface area contributed by atoms with Gasteiger partial charge in [0.15, 0.2) is 0 Å². The first-order valence-corrected chi connectivity index (χ1v) is 7.02. The van der Waals surface area contributed by atoms with E-state index in [1.807, 2.05) is 0 Å². The van der Waals surface area contributed by atoms with Crippen LogP contribution in [0.2, 0.25) is 0 Å². The molecule has 1 aromatic carbocycles. The minimum Gasteiger partial charge on any atom is -0.481 e. The maximum absolute atomic E-state index is 12.5. The summed E-state index contributed by atoms with van der Waals surface area (Å²) in [6.07, 6.45) is 1.11. The Kier molecular flexibility index (Phi) is 4.16. The topological polar surface area (TPSA) is 101 Å². The number of rotatable bonds is 3. The molecule has 1 aromatic rings. The van der Waals surface area contributed by atoms with Crippen LogP contribution in [0.4, 0.5) is 5.69 Å². The summed E-state index contributed by atoms with van der Waals surface area (Å²) in [5.74, 6) is -1.29. The predicted molar refractivity (Wildman–Crippen MR) is 78.7 cm³/mol. The molecule has 7 nitrogen and oxygen atoms in total. The lowest BCUT2D eigenvalue weighted by atomic mass is 9.82. The third-order valence-corrected chi connectivity index (χ3v) is 4.02. The van der Waals surface area contributed by atoms with Crippen LogP contribution in [0.3, 0.4) is 0 Å². The number of carboxylic acid groups (broad SMARTS) is 1. The molecule has 22 heavy (non-hydrogen) atoms. The molecule has 1 amide bonds. The summed E-state index contributed by atoms with van der Waals surface area (Å²) in [7, 11) is 0. The van der Waals surface area contributed by atoms with Crippen LogP contribution in [0.5, 0.6) is 0 Å². The van der Waals surface area contributed by atoms with Crippen molar-refractivity contribution >= 4 is 17.6 Å². The van der Waals surface area contributed by atoms with Gasteiger partial charge in [0.25, 0.3) is 11.6 Å². The van der Waals surface area contributed by atoms with Gasteiger partial charge in [-0.25, -0.2) is 0 Å². The monoisotopic (exact) mass is 306 g/mol. The molecule has 1 unspecified atom stereocenters. The molecule has 0 bridgehead atoms. The lowest BCUT2D eigenvalue weighted by Gasteiger charge is -2.37. The molecule has 118 valence electrons. The minimum atomic E-state index is -0.969. The lowest BCUT2D eigenvalue weighted by Crippen LogP contribution is -2.48. The Hall–Kier alpha value is -2.44. The highest BCUT2D eigenvalue weighted by Gasteiger charge is 2.39. The zero-order chi connectivity index (χ0) is 16.5. The standard InChI is InChI=1S/C15H18N2O5/c1-10-6-11(8-12(7-10)17(21)22)13(18)16-5-3-4-15(2,9-16)14(19)20/h6-8H,3-5,9H2,1-2H3,(H,19,20). The number of piperidine rings is 1. The van der Waals surface area contributed by atoms with Crippen LogP contribution in [0, 0.1) is 22.5 Å². The summed E-state index contributed by atoms with van der Waals surface area (Å²) in [5, 5.41) is 20.2. The van der Waals surface area contributed by atoms with E-state index >= 15 is 0 Å². The van der Waals surface area contributed by atoms with Gasteiger partial charge < -0.3 is 10.0 Å². The predicted octanol–water partition coefficient (Wildman–Crippen LogP) is 2.23.